The zero-order chi connectivity index (χ0) is 38.0. The number of carboxylic acid groups (broad SMARTS) is 1. The third-order valence-electron chi connectivity index (χ3n) is 9.20. The van der Waals surface area contributed by atoms with Crippen LogP contribution in [0.25, 0.3) is 0 Å². The van der Waals surface area contributed by atoms with E-state index in [2.05, 4.69) is 79.9 Å². The molecule has 6 heteroatoms. The van der Waals surface area contributed by atoms with Gasteiger partial charge in [-0.15, -0.1) is 0 Å². The Kier molecular flexibility index (Phi) is 38.6. The topological polar surface area (TPSA) is 92.7 Å². The number of ether oxygens (including phenoxy) is 1. The average Bonchev–Trinajstić information content (AvgIpc) is 3.13. The zero-order valence-electron chi connectivity index (χ0n) is 33.6. The van der Waals surface area contributed by atoms with Crippen LogP contribution in [-0.4, -0.2) is 35.6 Å². The zero-order valence-corrected chi connectivity index (χ0v) is 33.6. The van der Waals surface area contributed by atoms with Gasteiger partial charge in [-0.2, -0.15) is 0 Å². The molecule has 2 N–H and O–H groups in total. The summed E-state index contributed by atoms with van der Waals surface area (Å²) in [4.78, 5) is 34.9. The molecule has 0 aliphatic rings. The molecule has 0 aromatic carbocycles. The molecule has 1 unspecified atom stereocenters. The van der Waals surface area contributed by atoms with Crippen LogP contribution in [0, 0.1) is 0 Å². The van der Waals surface area contributed by atoms with Crippen LogP contribution in [0.4, 0.5) is 0 Å². The summed E-state index contributed by atoms with van der Waals surface area (Å²) >= 11 is 0. The van der Waals surface area contributed by atoms with E-state index >= 15 is 0 Å². The summed E-state index contributed by atoms with van der Waals surface area (Å²) in [6.07, 6.45) is 53.5. The van der Waals surface area contributed by atoms with Gasteiger partial charge >= 0.3 is 11.9 Å². The van der Waals surface area contributed by atoms with Gasteiger partial charge in [0.25, 0.3) is 0 Å². The molecule has 0 fully saturated rings. The number of unbranched alkanes of at least 4 members (excludes halogenated alkanes) is 17. The summed E-state index contributed by atoms with van der Waals surface area (Å²) in [5.74, 6) is -1.25. The van der Waals surface area contributed by atoms with Gasteiger partial charge in [-0.3, -0.25) is 14.4 Å². The van der Waals surface area contributed by atoms with Crippen molar-refractivity contribution in [3.05, 3.63) is 60.8 Å². The van der Waals surface area contributed by atoms with Gasteiger partial charge in [-0.25, -0.2) is 0 Å². The largest absolute Gasteiger partial charge is 0.480 e. The molecule has 0 bridgehead atoms. The second kappa shape index (κ2) is 40.9. The van der Waals surface area contributed by atoms with Crippen LogP contribution in [0.1, 0.15) is 200 Å². The second-order valence-electron chi connectivity index (χ2n) is 14.2. The molecule has 0 spiro atoms. The maximum Gasteiger partial charge on any atom is 0.322 e. The number of esters is 1. The first-order valence-corrected chi connectivity index (χ1v) is 21.4. The van der Waals surface area contributed by atoms with Crippen LogP contribution in [0.2, 0.25) is 0 Å². The quantitative estimate of drug-likeness (QED) is 0.0375. The monoisotopic (exact) mass is 726 g/mol. The fraction of sp³-hybridized carbons (Fsp3) is 0.717. The van der Waals surface area contributed by atoms with Crippen molar-refractivity contribution in [3.8, 4) is 0 Å². The molecule has 0 heterocycles. The van der Waals surface area contributed by atoms with E-state index in [9.17, 15) is 14.4 Å². The second-order valence-corrected chi connectivity index (χ2v) is 14.2. The van der Waals surface area contributed by atoms with E-state index in [1.54, 1.807) is 0 Å². The number of allylic oxidation sites excluding steroid dienone is 10. The van der Waals surface area contributed by atoms with Crippen molar-refractivity contribution in [2.75, 3.05) is 6.54 Å². The Morgan fingerprint density at radius 2 is 0.942 bits per heavy atom. The number of nitrogens with one attached hydrogen (secondary N) is 1. The summed E-state index contributed by atoms with van der Waals surface area (Å²) in [6, 6.07) is 0. The smallest absolute Gasteiger partial charge is 0.322 e. The number of aliphatic carboxylic acids is 1. The van der Waals surface area contributed by atoms with Crippen LogP contribution in [0.15, 0.2) is 60.8 Å². The molecule has 0 saturated carbocycles. The lowest BCUT2D eigenvalue weighted by molar-refractivity contribution is -0.150. The summed E-state index contributed by atoms with van der Waals surface area (Å²) in [6.45, 7) is 4.09. The molecular formula is C46H79NO5. The van der Waals surface area contributed by atoms with Crippen molar-refractivity contribution in [1.82, 2.24) is 5.32 Å². The SMILES string of the molecule is CC/C=C\C/C=C\C/C=C\C/C=C\C/C=C\CCCCCCCCCC(=O)OC(CCCCCCCCC)CCCCCCCC(=O)NCC(=O)O. The van der Waals surface area contributed by atoms with Gasteiger partial charge in [0.2, 0.25) is 5.91 Å². The highest BCUT2D eigenvalue weighted by molar-refractivity contribution is 5.80. The Morgan fingerprint density at radius 1 is 0.519 bits per heavy atom. The minimum atomic E-state index is -1.02. The molecule has 6 nitrogen and oxygen atoms in total. The number of carbonyl (C=O) groups excluding carboxylic acids is 2. The minimum Gasteiger partial charge on any atom is -0.480 e. The van der Waals surface area contributed by atoms with E-state index in [1.807, 2.05) is 0 Å². The Labute approximate surface area is 320 Å². The van der Waals surface area contributed by atoms with Gasteiger partial charge < -0.3 is 15.2 Å². The lowest BCUT2D eigenvalue weighted by atomic mass is 10.0. The number of carboxylic acids is 1. The van der Waals surface area contributed by atoms with Crippen molar-refractivity contribution in [1.29, 1.82) is 0 Å². The number of carbonyl (C=O) groups is 3. The maximum absolute atomic E-state index is 12.7. The first-order chi connectivity index (χ1) is 25.5. The Hall–Kier alpha value is -2.89. The van der Waals surface area contributed by atoms with Crippen LogP contribution in [0.5, 0.6) is 0 Å². The average molecular weight is 726 g/mol. The van der Waals surface area contributed by atoms with Crippen LogP contribution in [0.3, 0.4) is 0 Å². The number of rotatable bonds is 38. The fourth-order valence-corrected chi connectivity index (χ4v) is 6.07. The van der Waals surface area contributed by atoms with Crippen molar-refractivity contribution in [3.63, 3.8) is 0 Å². The summed E-state index contributed by atoms with van der Waals surface area (Å²) in [5.41, 5.74) is 0. The minimum absolute atomic E-state index is 0.0212. The maximum atomic E-state index is 12.7. The van der Waals surface area contributed by atoms with E-state index in [0.29, 0.717) is 12.8 Å². The van der Waals surface area contributed by atoms with Gasteiger partial charge in [0.05, 0.1) is 0 Å². The van der Waals surface area contributed by atoms with Crippen LogP contribution < -0.4 is 5.32 Å². The third-order valence-corrected chi connectivity index (χ3v) is 9.20. The Morgan fingerprint density at radius 3 is 1.44 bits per heavy atom. The molecule has 0 saturated heterocycles. The van der Waals surface area contributed by atoms with E-state index in [1.165, 1.54) is 70.6 Å². The van der Waals surface area contributed by atoms with Crippen LogP contribution in [-0.2, 0) is 19.1 Å². The predicted molar refractivity (Wildman–Crippen MR) is 221 cm³/mol. The molecule has 298 valence electrons. The molecule has 52 heavy (non-hydrogen) atoms. The lowest BCUT2D eigenvalue weighted by Gasteiger charge is -2.18. The van der Waals surface area contributed by atoms with Gasteiger partial charge in [0, 0.05) is 12.8 Å². The van der Waals surface area contributed by atoms with Gasteiger partial charge in [-0.1, -0.05) is 164 Å². The van der Waals surface area contributed by atoms with E-state index in [-0.39, 0.29) is 24.5 Å². The van der Waals surface area contributed by atoms with E-state index in [0.717, 1.165) is 103 Å². The standard InChI is InChI=1S/C46H79NO5/c1-3-5-7-9-11-12-13-14-15-16-17-18-19-20-21-22-23-24-25-26-28-33-37-41-46(51)52-43(38-34-30-27-10-8-6-4-2)39-35-31-29-32-36-40-44(48)47-42-45(49)50/h5,7,11-12,14-15,17-18,20-21,43H,3-4,6,8-10,13,16,19,22-42H2,1-2H3,(H,47,48)(H,49,50)/b7-5-,12-11-,15-14-,18-17-,21-20-. The molecule has 0 rings (SSSR count). The van der Waals surface area contributed by atoms with E-state index in [4.69, 9.17) is 9.84 Å². The summed E-state index contributed by atoms with van der Waals surface area (Å²) in [5, 5.41) is 11.1. The fourth-order valence-electron chi connectivity index (χ4n) is 6.07. The van der Waals surface area contributed by atoms with Gasteiger partial charge in [-0.05, 0) is 83.5 Å². The Bertz CT molecular complexity index is 979. The highest BCUT2D eigenvalue weighted by Crippen LogP contribution is 2.19. The molecule has 0 aliphatic heterocycles. The molecule has 1 atom stereocenters. The summed E-state index contributed by atoms with van der Waals surface area (Å²) < 4.78 is 5.99. The van der Waals surface area contributed by atoms with Crippen molar-refractivity contribution >= 4 is 17.8 Å². The summed E-state index contributed by atoms with van der Waals surface area (Å²) in [7, 11) is 0. The van der Waals surface area contributed by atoms with Crippen molar-refractivity contribution in [2.24, 2.45) is 0 Å². The Balaban J connectivity index is 3.99. The van der Waals surface area contributed by atoms with Crippen molar-refractivity contribution in [2.45, 2.75) is 206 Å². The molecule has 1 amide bonds. The predicted octanol–water partition coefficient (Wildman–Crippen LogP) is 13.2. The first-order valence-electron chi connectivity index (χ1n) is 21.4. The van der Waals surface area contributed by atoms with Crippen molar-refractivity contribution < 1.29 is 24.2 Å². The van der Waals surface area contributed by atoms with Crippen LogP contribution >= 0.6 is 0 Å². The molecule has 0 aromatic rings. The number of amides is 1. The normalized spacial score (nSPS) is 12.7. The first kappa shape index (κ1) is 49.1. The van der Waals surface area contributed by atoms with Gasteiger partial charge in [0.1, 0.15) is 12.6 Å². The highest BCUT2D eigenvalue weighted by atomic mass is 16.5. The lowest BCUT2D eigenvalue weighted by Crippen LogP contribution is -2.28. The van der Waals surface area contributed by atoms with Gasteiger partial charge in [0.15, 0.2) is 0 Å². The highest BCUT2D eigenvalue weighted by Gasteiger charge is 2.14. The molecular weight excluding hydrogens is 647 g/mol. The molecule has 0 radical (unpaired) electrons. The number of hydrogen-bond acceptors (Lipinski definition) is 4. The third kappa shape index (κ3) is 39.9. The van der Waals surface area contributed by atoms with E-state index < -0.39 is 5.97 Å². The molecule has 0 aromatic heterocycles. The molecule has 0 aliphatic carbocycles. The number of hydrogen-bond donors (Lipinski definition) is 2.